The molecule has 2 N–H and O–H groups in total. The lowest BCUT2D eigenvalue weighted by Gasteiger charge is -2.24. The number of carboxylic acids is 1. The SMILES string of the molecule is COC(=O)c1ccc(F)cc1NC(=O)[C@H]1CC=CC[C@H]1C(=O)O. The minimum absolute atomic E-state index is 0.000441. The van der Waals surface area contributed by atoms with Gasteiger partial charge in [-0.05, 0) is 31.0 Å². The zero-order chi connectivity index (χ0) is 17.0. The number of ether oxygens (including phenoxy) is 1. The number of anilines is 1. The molecule has 1 aliphatic rings. The first-order valence-electron chi connectivity index (χ1n) is 7.00. The minimum atomic E-state index is -1.07. The van der Waals surface area contributed by atoms with E-state index in [1.165, 1.54) is 13.2 Å². The van der Waals surface area contributed by atoms with Gasteiger partial charge in [-0.3, -0.25) is 9.59 Å². The number of nitrogens with one attached hydrogen (secondary N) is 1. The molecule has 1 aliphatic carbocycles. The van der Waals surface area contributed by atoms with E-state index in [0.29, 0.717) is 0 Å². The Hall–Kier alpha value is -2.70. The van der Waals surface area contributed by atoms with Crippen LogP contribution in [0.5, 0.6) is 0 Å². The van der Waals surface area contributed by atoms with E-state index in [2.05, 4.69) is 10.1 Å². The number of amides is 1. The van der Waals surface area contributed by atoms with Crippen LogP contribution in [0, 0.1) is 17.7 Å². The van der Waals surface area contributed by atoms with Crippen molar-refractivity contribution in [2.24, 2.45) is 11.8 Å². The zero-order valence-electron chi connectivity index (χ0n) is 12.4. The zero-order valence-corrected chi connectivity index (χ0v) is 12.4. The van der Waals surface area contributed by atoms with Gasteiger partial charge in [0.1, 0.15) is 5.82 Å². The number of methoxy groups -OCH3 is 1. The molecule has 0 saturated carbocycles. The van der Waals surface area contributed by atoms with Crippen LogP contribution in [0.25, 0.3) is 0 Å². The molecule has 0 heterocycles. The fourth-order valence-electron chi connectivity index (χ4n) is 2.51. The maximum Gasteiger partial charge on any atom is 0.339 e. The smallest absolute Gasteiger partial charge is 0.339 e. The number of rotatable bonds is 4. The second-order valence-corrected chi connectivity index (χ2v) is 5.16. The van der Waals surface area contributed by atoms with E-state index in [4.69, 9.17) is 0 Å². The summed E-state index contributed by atoms with van der Waals surface area (Å²) in [6.07, 6.45) is 3.97. The van der Waals surface area contributed by atoms with Crippen molar-refractivity contribution in [3.63, 3.8) is 0 Å². The van der Waals surface area contributed by atoms with Gasteiger partial charge in [-0.15, -0.1) is 0 Å². The molecule has 0 spiro atoms. The highest BCUT2D eigenvalue weighted by molar-refractivity contribution is 6.02. The second-order valence-electron chi connectivity index (χ2n) is 5.16. The first kappa shape index (κ1) is 16.7. The number of hydrogen-bond donors (Lipinski definition) is 2. The van der Waals surface area contributed by atoms with Gasteiger partial charge in [0.15, 0.2) is 0 Å². The van der Waals surface area contributed by atoms with Crippen molar-refractivity contribution in [2.45, 2.75) is 12.8 Å². The summed E-state index contributed by atoms with van der Waals surface area (Å²) in [6, 6.07) is 3.27. The number of halogens is 1. The van der Waals surface area contributed by atoms with Crippen LogP contribution in [0.4, 0.5) is 10.1 Å². The predicted octanol–water partition coefficient (Wildman–Crippen LogP) is 2.22. The molecule has 23 heavy (non-hydrogen) atoms. The Labute approximate surface area is 131 Å². The van der Waals surface area contributed by atoms with Crippen molar-refractivity contribution in [1.29, 1.82) is 0 Å². The van der Waals surface area contributed by atoms with E-state index < -0.39 is 35.5 Å². The summed E-state index contributed by atoms with van der Waals surface area (Å²) in [5, 5.41) is 11.6. The molecule has 0 unspecified atom stereocenters. The molecule has 1 amide bonds. The molecule has 0 saturated heterocycles. The van der Waals surface area contributed by atoms with Crippen molar-refractivity contribution in [3.8, 4) is 0 Å². The van der Waals surface area contributed by atoms with Crippen LogP contribution >= 0.6 is 0 Å². The van der Waals surface area contributed by atoms with Gasteiger partial charge < -0.3 is 15.2 Å². The number of benzene rings is 1. The number of esters is 1. The lowest BCUT2D eigenvalue weighted by molar-refractivity contribution is -0.146. The van der Waals surface area contributed by atoms with Crippen LogP contribution in [0.3, 0.4) is 0 Å². The van der Waals surface area contributed by atoms with Crippen molar-refractivity contribution in [1.82, 2.24) is 0 Å². The van der Waals surface area contributed by atoms with Gasteiger partial charge in [-0.1, -0.05) is 12.2 Å². The average molecular weight is 321 g/mol. The lowest BCUT2D eigenvalue weighted by atomic mass is 9.82. The molecular weight excluding hydrogens is 305 g/mol. The Morgan fingerprint density at radius 1 is 1.22 bits per heavy atom. The molecule has 122 valence electrons. The molecule has 1 aromatic carbocycles. The molecule has 0 radical (unpaired) electrons. The molecular formula is C16H16FNO5. The van der Waals surface area contributed by atoms with Crippen molar-refractivity contribution < 1.29 is 28.6 Å². The molecule has 2 rings (SSSR count). The van der Waals surface area contributed by atoms with Crippen LogP contribution in [-0.2, 0) is 14.3 Å². The fraction of sp³-hybridized carbons (Fsp3) is 0.312. The Bertz CT molecular complexity index is 670. The summed E-state index contributed by atoms with van der Waals surface area (Å²) in [4.78, 5) is 35.3. The van der Waals surface area contributed by atoms with Crippen LogP contribution < -0.4 is 5.32 Å². The van der Waals surface area contributed by atoms with Gasteiger partial charge in [0, 0.05) is 0 Å². The Kier molecular flexibility index (Phi) is 5.10. The molecule has 0 bridgehead atoms. The average Bonchev–Trinajstić information content (AvgIpc) is 2.54. The molecule has 0 fully saturated rings. The third-order valence-electron chi connectivity index (χ3n) is 3.73. The highest BCUT2D eigenvalue weighted by atomic mass is 19.1. The highest BCUT2D eigenvalue weighted by Gasteiger charge is 2.34. The van der Waals surface area contributed by atoms with Gasteiger partial charge in [0.25, 0.3) is 0 Å². The molecule has 1 aromatic rings. The third kappa shape index (κ3) is 3.74. The minimum Gasteiger partial charge on any atom is -0.481 e. The van der Waals surface area contributed by atoms with Crippen molar-refractivity contribution in [3.05, 3.63) is 41.7 Å². The summed E-state index contributed by atoms with van der Waals surface area (Å²) in [6.45, 7) is 0. The summed E-state index contributed by atoms with van der Waals surface area (Å²) in [7, 11) is 1.17. The topological polar surface area (TPSA) is 92.7 Å². The predicted molar refractivity (Wildman–Crippen MR) is 79.4 cm³/mol. The van der Waals surface area contributed by atoms with Crippen LogP contribution in [-0.4, -0.2) is 30.1 Å². The number of hydrogen-bond acceptors (Lipinski definition) is 4. The maximum atomic E-state index is 13.4. The van der Waals surface area contributed by atoms with Gasteiger partial charge in [-0.25, -0.2) is 9.18 Å². The van der Waals surface area contributed by atoms with Crippen LogP contribution in [0.1, 0.15) is 23.2 Å². The Morgan fingerprint density at radius 2 is 1.87 bits per heavy atom. The lowest BCUT2D eigenvalue weighted by Crippen LogP contribution is -2.35. The van der Waals surface area contributed by atoms with Gasteiger partial charge >= 0.3 is 11.9 Å². The summed E-state index contributed by atoms with van der Waals surface area (Å²) in [5.74, 6) is -4.63. The number of allylic oxidation sites excluding steroid dienone is 2. The van der Waals surface area contributed by atoms with Gasteiger partial charge in [0.05, 0.1) is 30.2 Å². The summed E-state index contributed by atoms with van der Waals surface area (Å²) < 4.78 is 18.0. The van der Waals surface area contributed by atoms with E-state index in [1.54, 1.807) is 12.2 Å². The van der Waals surface area contributed by atoms with Crippen LogP contribution in [0.2, 0.25) is 0 Å². The van der Waals surface area contributed by atoms with E-state index in [0.717, 1.165) is 12.1 Å². The van der Waals surface area contributed by atoms with E-state index in [-0.39, 0.29) is 24.1 Å². The molecule has 0 aromatic heterocycles. The summed E-state index contributed by atoms with van der Waals surface area (Å²) in [5.41, 5.74) is -0.0407. The van der Waals surface area contributed by atoms with Crippen molar-refractivity contribution >= 4 is 23.5 Å². The number of carbonyl (C=O) groups is 3. The number of aliphatic carboxylic acids is 1. The first-order valence-corrected chi connectivity index (χ1v) is 7.00. The normalized spacial score (nSPS) is 19.9. The van der Waals surface area contributed by atoms with E-state index in [1.807, 2.05) is 0 Å². The summed E-state index contributed by atoms with van der Waals surface area (Å²) >= 11 is 0. The largest absolute Gasteiger partial charge is 0.481 e. The molecule has 2 atom stereocenters. The van der Waals surface area contributed by atoms with Crippen LogP contribution in [0.15, 0.2) is 30.4 Å². The Balaban J connectivity index is 2.26. The quantitative estimate of drug-likeness (QED) is 0.655. The van der Waals surface area contributed by atoms with Gasteiger partial charge in [0.2, 0.25) is 5.91 Å². The monoisotopic (exact) mass is 321 g/mol. The van der Waals surface area contributed by atoms with E-state index in [9.17, 15) is 23.9 Å². The maximum absolute atomic E-state index is 13.4. The fourth-order valence-corrected chi connectivity index (χ4v) is 2.51. The molecule has 6 nitrogen and oxygen atoms in total. The third-order valence-corrected chi connectivity index (χ3v) is 3.73. The van der Waals surface area contributed by atoms with Crippen molar-refractivity contribution in [2.75, 3.05) is 12.4 Å². The Morgan fingerprint density at radius 3 is 2.48 bits per heavy atom. The molecule has 0 aliphatic heterocycles. The highest BCUT2D eigenvalue weighted by Crippen LogP contribution is 2.28. The number of carbonyl (C=O) groups excluding carboxylic acids is 2. The van der Waals surface area contributed by atoms with Gasteiger partial charge in [-0.2, -0.15) is 0 Å². The molecule has 7 heteroatoms. The number of carboxylic acid groups (broad SMARTS) is 1. The second kappa shape index (κ2) is 7.04. The van der Waals surface area contributed by atoms with E-state index >= 15 is 0 Å². The first-order chi connectivity index (χ1) is 10.9. The standard InChI is InChI=1S/C16H16FNO5/c1-23-16(22)12-7-6-9(17)8-13(12)18-14(19)10-4-2-3-5-11(10)15(20)21/h2-3,6-8,10-11H,4-5H2,1H3,(H,18,19)(H,20,21)/t10-,11+/m0/s1.